The van der Waals surface area contributed by atoms with Crippen LogP contribution in [0.5, 0.6) is 5.75 Å². The van der Waals surface area contributed by atoms with Crippen molar-refractivity contribution in [1.82, 2.24) is 10.2 Å². The van der Waals surface area contributed by atoms with Gasteiger partial charge in [0, 0.05) is 26.2 Å². The van der Waals surface area contributed by atoms with Crippen LogP contribution in [0.4, 0.5) is 0 Å². The van der Waals surface area contributed by atoms with E-state index in [2.05, 4.69) is 48.3 Å². The monoisotopic (exact) mass is 340 g/mol. The molecule has 0 spiro atoms. The quantitative estimate of drug-likeness (QED) is 0.849. The number of benzene rings is 2. The van der Waals surface area contributed by atoms with Crippen LogP contribution in [0.25, 0.3) is 0 Å². The topological polar surface area (TPSA) is 44.7 Å². The molecule has 0 aromatic heterocycles. The molecule has 0 amide bonds. The lowest BCUT2D eigenvalue weighted by Crippen LogP contribution is -2.46. The Hall–Kier alpha value is -1.88. The summed E-state index contributed by atoms with van der Waals surface area (Å²) < 4.78 is 6.08. The van der Waals surface area contributed by atoms with Gasteiger partial charge in [0.15, 0.2) is 0 Å². The van der Waals surface area contributed by atoms with Crippen molar-refractivity contribution in [1.29, 1.82) is 0 Å². The van der Waals surface area contributed by atoms with Crippen LogP contribution in [0, 0.1) is 13.8 Å². The summed E-state index contributed by atoms with van der Waals surface area (Å²) in [5.41, 5.74) is 4.59. The zero-order valence-corrected chi connectivity index (χ0v) is 15.2. The van der Waals surface area contributed by atoms with E-state index in [1.165, 1.54) is 11.1 Å². The van der Waals surface area contributed by atoms with Crippen molar-refractivity contribution in [3.63, 3.8) is 0 Å². The predicted octanol–water partition coefficient (Wildman–Crippen LogP) is 2.82. The van der Waals surface area contributed by atoms with E-state index in [1.807, 2.05) is 18.2 Å². The molecule has 4 nitrogen and oxygen atoms in total. The summed E-state index contributed by atoms with van der Waals surface area (Å²) in [5.74, 6) is 0.949. The molecule has 1 aliphatic heterocycles. The normalized spacial score (nSPS) is 16.6. The third kappa shape index (κ3) is 4.40. The van der Waals surface area contributed by atoms with Gasteiger partial charge < -0.3 is 15.2 Å². The SMILES string of the molecule is Cc1cc([C@@H](CO)N2CCNCC2)cc(C)c1OCc1ccccc1. The Morgan fingerprint density at radius 1 is 1.08 bits per heavy atom. The molecule has 0 aliphatic carbocycles. The van der Waals surface area contributed by atoms with Gasteiger partial charge in [-0.3, -0.25) is 4.90 Å². The van der Waals surface area contributed by atoms with Gasteiger partial charge in [-0.1, -0.05) is 42.5 Å². The highest BCUT2D eigenvalue weighted by Gasteiger charge is 2.22. The van der Waals surface area contributed by atoms with Crippen LogP contribution in [-0.2, 0) is 6.61 Å². The highest BCUT2D eigenvalue weighted by molar-refractivity contribution is 5.44. The van der Waals surface area contributed by atoms with Gasteiger partial charge in [0.05, 0.1) is 12.6 Å². The van der Waals surface area contributed by atoms with E-state index in [4.69, 9.17) is 4.74 Å². The lowest BCUT2D eigenvalue weighted by atomic mass is 9.99. The molecular formula is C21H28N2O2. The second-order valence-corrected chi connectivity index (χ2v) is 6.74. The molecule has 2 aromatic carbocycles. The summed E-state index contributed by atoms with van der Waals surface area (Å²) in [5, 5.41) is 13.3. The maximum Gasteiger partial charge on any atom is 0.125 e. The van der Waals surface area contributed by atoms with Crippen LogP contribution < -0.4 is 10.1 Å². The molecule has 1 atom stereocenters. The molecular weight excluding hydrogens is 312 g/mol. The molecule has 3 rings (SSSR count). The first-order chi connectivity index (χ1) is 12.2. The van der Waals surface area contributed by atoms with Crippen molar-refractivity contribution < 1.29 is 9.84 Å². The molecule has 1 heterocycles. The molecule has 0 bridgehead atoms. The Kier molecular flexibility index (Phi) is 6.08. The summed E-state index contributed by atoms with van der Waals surface area (Å²) in [6, 6.07) is 14.6. The second kappa shape index (κ2) is 8.48. The van der Waals surface area contributed by atoms with Gasteiger partial charge in [-0.05, 0) is 36.1 Å². The summed E-state index contributed by atoms with van der Waals surface area (Å²) in [6.45, 7) is 8.78. The van der Waals surface area contributed by atoms with Crippen LogP contribution in [0.2, 0.25) is 0 Å². The first kappa shape index (κ1) is 17.9. The Bertz CT molecular complexity index is 659. The van der Waals surface area contributed by atoms with Crippen molar-refractivity contribution >= 4 is 0 Å². The highest BCUT2D eigenvalue weighted by atomic mass is 16.5. The van der Waals surface area contributed by atoms with Gasteiger partial charge in [0.1, 0.15) is 12.4 Å². The van der Waals surface area contributed by atoms with Crippen LogP contribution in [0.15, 0.2) is 42.5 Å². The van der Waals surface area contributed by atoms with Gasteiger partial charge in [-0.15, -0.1) is 0 Å². The fraction of sp³-hybridized carbons (Fsp3) is 0.429. The maximum atomic E-state index is 9.94. The fourth-order valence-corrected chi connectivity index (χ4v) is 3.56. The summed E-state index contributed by atoms with van der Waals surface area (Å²) in [6.07, 6.45) is 0. The predicted molar refractivity (Wildman–Crippen MR) is 101 cm³/mol. The van der Waals surface area contributed by atoms with Crippen LogP contribution in [-0.4, -0.2) is 42.8 Å². The van der Waals surface area contributed by atoms with Gasteiger partial charge in [-0.2, -0.15) is 0 Å². The molecule has 0 unspecified atom stereocenters. The average Bonchev–Trinajstić information content (AvgIpc) is 2.63. The highest BCUT2D eigenvalue weighted by Crippen LogP contribution is 2.30. The van der Waals surface area contributed by atoms with E-state index in [1.54, 1.807) is 0 Å². The second-order valence-electron chi connectivity index (χ2n) is 6.74. The lowest BCUT2D eigenvalue weighted by molar-refractivity contribution is 0.110. The van der Waals surface area contributed by atoms with Crippen molar-refractivity contribution in [2.75, 3.05) is 32.8 Å². The Labute approximate surface area is 150 Å². The van der Waals surface area contributed by atoms with E-state index < -0.39 is 0 Å². The molecule has 0 saturated carbocycles. The number of hydrogen-bond donors (Lipinski definition) is 2. The number of hydrogen-bond acceptors (Lipinski definition) is 4. The Morgan fingerprint density at radius 2 is 1.72 bits per heavy atom. The summed E-state index contributed by atoms with van der Waals surface area (Å²) in [7, 11) is 0. The minimum Gasteiger partial charge on any atom is -0.488 e. The minimum absolute atomic E-state index is 0.0580. The van der Waals surface area contributed by atoms with E-state index in [0.29, 0.717) is 6.61 Å². The molecule has 4 heteroatoms. The molecule has 25 heavy (non-hydrogen) atoms. The van der Waals surface area contributed by atoms with E-state index in [0.717, 1.165) is 43.1 Å². The summed E-state index contributed by atoms with van der Waals surface area (Å²) >= 11 is 0. The molecule has 1 saturated heterocycles. The van der Waals surface area contributed by atoms with Crippen LogP contribution in [0.1, 0.15) is 28.3 Å². The average molecular weight is 340 g/mol. The Morgan fingerprint density at radius 3 is 2.32 bits per heavy atom. The standard InChI is InChI=1S/C21H28N2O2/c1-16-12-19(20(14-24)23-10-8-22-9-11-23)13-17(2)21(16)25-15-18-6-4-3-5-7-18/h3-7,12-13,20,22,24H,8-11,14-15H2,1-2H3/t20-/m1/s1. The number of aryl methyl sites for hydroxylation is 2. The van der Waals surface area contributed by atoms with Crippen molar-refractivity contribution in [3.8, 4) is 5.75 Å². The molecule has 2 N–H and O–H groups in total. The van der Waals surface area contributed by atoms with Gasteiger partial charge in [0.2, 0.25) is 0 Å². The number of nitrogens with one attached hydrogen (secondary N) is 1. The Balaban J connectivity index is 1.76. The van der Waals surface area contributed by atoms with E-state index >= 15 is 0 Å². The number of rotatable bonds is 6. The number of ether oxygens (including phenoxy) is 1. The van der Waals surface area contributed by atoms with Crippen LogP contribution >= 0.6 is 0 Å². The molecule has 2 aromatic rings. The van der Waals surface area contributed by atoms with Crippen LogP contribution in [0.3, 0.4) is 0 Å². The lowest BCUT2D eigenvalue weighted by Gasteiger charge is -2.34. The zero-order chi connectivity index (χ0) is 17.6. The van der Waals surface area contributed by atoms with Crippen molar-refractivity contribution in [2.45, 2.75) is 26.5 Å². The fourth-order valence-electron chi connectivity index (χ4n) is 3.56. The number of piperazine rings is 1. The number of aliphatic hydroxyl groups excluding tert-OH is 1. The van der Waals surface area contributed by atoms with Gasteiger partial charge >= 0.3 is 0 Å². The zero-order valence-electron chi connectivity index (χ0n) is 15.2. The minimum atomic E-state index is 0.0580. The molecule has 0 radical (unpaired) electrons. The summed E-state index contributed by atoms with van der Waals surface area (Å²) in [4.78, 5) is 2.36. The first-order valence-corrected chi connectivity index (χ1v) is 9.02. The largest absolute Gasteiger partial charge is 0.488 e. The maximum absolute atomic E-state index is 9.94. The molecule has 1 fully saturated rings. The third-order valence-electron chi connectivity index (χ3n) is 4.86. The molecule has 1 aliphatic rings. The smallest absolute Gasteiger partial charge is 0.125 e. The van der Waals surface area contributed by atoms with E-state index in [-0.39, 0.29) is 12.6 Å². The van der Waals surface area contributed by atoms with Gasteiger partial charge in [0.25, 0.3) is 0 Å². The molecule has 134 valence electrons. The number of nitrogens with zero attached hydrogens (tertiary/aromatic N) is 1. The van der Waals surface area contributed by atoms with Gasteiger partial charge in [-0.25, -0.2) is 0 Å². The first-order valence-electron chi connectivity index (χ1n) is 9.02. The van der Waals surface area contributed by atoms with Crippen molar-refractivity contribution in [3.05, 3.63) is 64.7 Å². The van der Waals surface area contributed by atoms with Crippen molar-refractivity contribution in [2.24, 2.45) is 0 Å². The van der Waals surface area contributed by atoms with E-state index in [9.17, 15) is 5.11 Å². The number of aliphatic hydroxyl groups is 1. The third-order valence-corrected chi connectivity index (χ3v) is 4.86.